The molecule has 1 aromatic carbocycles. The molecule has 3 heteroatoms. The van der Waals surface area contributed by atoms with Gasteiger partial charge in [0, 0.05) is 23.8 Å². The Bertz CT molecular complexity index is 306. The van der Waals surface area contributed by atoms with Crippen molar-refractivity contribution in [1.82, 2.24) is 0 Å². The predicted molar refractivity (Wildman–Crippen MR) is 62.2 cm³/mol. The van der Waals surface area contributed by atoms with Crippen molar-refractivity contribution >= 4 is 11.6 Å². The molecule has 1 aromatic rings. The molecule has 0 bridgehead atoms. The van der Waals surface area contributed by atoms with Crippen LogP contribution in [0.5, 0.6) is 0 Å². The van der Waals surface area contributed by atoms with E-state index in [-0.39, 0.29) is 6.29 Å². The molecule has 0 aliphatic heterocycles. The van der Waals surface area contributed by atoms with Crippen LogP contribution in [-0.2, 0) is 9.47 Å². The molecule has 15 heavy (non-hydrogen) atoms. The predicted octanol–water partition coefficient (Wildman–Crippen LogP) is 3.72. The van der Waals surface area contributed by atoms with Crippen molar-refractivity contribution in [3.05, 3.63) is 34.3 Å². The molecule has 0 spiro atoms. The first kappa shape index (κ1) is 12.5. The molecule has 0 aliphatic carbocycles. The van der Waals surface area contributed by atoms with Crippen LogP contribution in [0.3, 0.4) is 0 Å². The monoisotopic (exact) mass is 228 g/mol. The third kappa shape index (κ3) is 3.49. The summed E-state index contributed by atoms with van der Waals surface area (Å²) in [7, 11) is 0. The molecule has 84 valence electrons. The van der Waals surface area contributed by atoms with Crippen molar-refractivity contribution in [1.29, 1.82) is 0 Å². The first-order chi connectivity index (χ1) is 7.19. The van der Waals surface area contributed by atoms with Gasteiger partial charge in [0.05, 0.1) is 0 Å². The second-order valence-corrected chi connectivity index (χ2v) is 3.68. The molecule has 2 nitrogen and oxygen atoms in total. The van der Waals surface area contributed by atoms with Gasteiger partial charge in [0.15, 0.2) is 6.29 Å². The van der Waals surface area contributed by atoms with Gasteiger partial charge < -0.3 is 9.47 Å². The van der Waals surface area contributed by atoms with E-state index in [4.69, 9.17) is 21.1 Å². The van der Waals surface area contributed by atoms with Crippen molar-refractivity contribution in [2.24, 2.45) is 0 Å². The Kier molecular flexibility index (Phi) is 5.09. The molecule has 0 heterocycles. The molecule has 0 fully saturated rings. The van der Waals surface area contributed by atoms with Crippen LogP contribution in [0.1, 0.15) is 31.3 Å². The second-order valence-electron chi connectivity index (χ2n) is 3.24. The van der Waals surface area contributed by atoms with Gasteiger partial charge >= 0.3 is 0 Å². The van der Waals surface area contributed by atoms with Gasteiger partial charge in [-0.25, -0.2) is 0 Å². The number of halogens is 1. The van der Waals surface area contributed by atoms with Gasteiger partial charge in [-0.1, -0.05) is 17.7 Å². The molecular weight excluding hydrogens is 212 g/mol. The van der Waals surface area contributed by atoms with E-state index < -0.39 is 0 Å². The van der Waals surface area contributed by atoms with Crippen molar-refractivity contribution in [2.45, 2.75) is 27.1 Å². The van der Waals surface area contributed by atoms with Gasteiger partial charge in [-0.15, -0.1) is 0 Å². The summed E-state index contributed by atoms with van der Waals surface area (Å²) in [5.74, 6) is 0. The fraction of sp³-hybridized carbons (Fsp3) is 0.500. The highest BCUT2D eigenvalue weighted by atomic mass is 35.5. The van der Waals surface area contributed by atoms with Gasteiger partial charge in [0.2, 0.25) is 0 Å². The number of aryl methyl sites for hydroxylation is 1. The molecule has 0 unspecified atom stereocenters. The quantitative estimate of drug-likeness (QED) is 0.716. The van der Waals surface area contributed by atoms with Crippen LogP contribution < -0.4 is 0 Å². The topological polar surface area (TPSA) is 18.5 Å². The fourth-order valence-electron chi connectivity index (χ4n) is 1.43. The lowest BCUT2D eigenvalue weighted by molar-refractivity contribution is -0.140. The minimum Gasteiger partial charge on any atom is -0.349 e. The van der Waals surface area contributed by atoms with Gasteiger partial charge in [0.25, 0.3) is 0 Å². The zero-order valence-corrected chi connectivity index (χ0v) is 10.2. The maximum absolute atomic E-state index is 5.89. The highest BCUT2D eigenvalue weighted by Crippen LogP contribution is 2.24. The maximum atomic E-state index is 5.89. The van der Waals surface area contributed by atoms with Gasteiger partial charge in [-0.3, -0.25) is 0 Å². The Balaban J connectivity index is 2.89. The Morgan fingerprint density at radius 2 is 1.80 bits per heavy atom. The van der Waals surface area contributed by atoms with E-state index in [0.29, 0.717) is 13.2 Å². The fourth-order valence-corrected chi connectivity index (χ4v) is 1.66. The van der Waals surface area contributed by atoms with Crippen molar-refractivity contribution in [3.63, 3.8) is 0 Å². The van der Waals surface area contributed by atoms with Crippen LogP contribution in [0, 0.1) is 6.92 Å². The Labute approximate surface area is 96.2 Å². The van der Waals surface area contributed by atoms with Crippen LogP contribution in [0.4, 0.5) is 0 Å². The van der Waals surface area contributed by atoms with E-state index in [2.05, 4.69) is 0 Å². The number of hydrogen-bond donors (Lipinski definition) is 0. The largest absolute Gasteiger partial charge is 0.349 e. The molecule has 0 radical (unpaired) electrons. The summed E-state index contributed by atoms with van der Waals surface area (Å²) < 4.78 is 11.0. The van der Waals surface area contributed by atoms with E-state index in [1.165, 1.54) is 0 Å². The second kappa shape index (κ2) is 6.11. The van der Waals surface area contributed by atoms with Crippen LogP contribution in [0.25, 0.3) is 0 Å². The number of ether oxygens (including phenoxy) is 2. The Morgan fingerprint density at radius 3 is 2.27 bits per heavy atom. The van der Waals surface area contributed by atoms with Crippen LogP contribution >= 0.6 is 11.6 Å². The molecule has 0 amide bonds. The smallest absolute Gasteiger partial charge is 0.184 e. The average molecular weight is 229 g/mol. The summed E-state index contributed by atoms with van der Waals surface area (Å²) in [5.41, 5.74) is 2.14. The SMILES string of the molecule is CCOC(OCC)c1ccc(Cl)cc1C. The molecule has 0 saturated carbocycles. The minimum atomic E-state index is -0.280. The molecule has 0 aromatic heterocycles. The lowest BCUT2D eigenvalue weighted by Crippen LogP contribution is -2.10. The molecule has 0 aliphatic rings. The van der Waals surface area contributed by atoms with E-state index in [1.807, 2.05) is 39.0 Å². The first-order valence-electron chi connectivity index (χ1n) is 5.18. The standard InChI is InChI=1S/C12H17ClO2/c1-4-14-12(15-5-2)11-7-6-10(13)8-9(11)3/h6-8,12H,4-5H2,1-3H3. The molecule has 0 saturated heterocycles. The summed E-state index contributed by atoms with van der Waals surface area (Å²) in [5, 5.41) is 0.739. The van der Waals surface area contributed by atoms with Crippen LogP contribution in [0.15, 0.2) is 18.2 Å². The zero-order valence-electron chi connectivity index (χ0n) is 9.42. The third-order valence-electron chi connectivity index (χ3n) is 2.12. The van der Waals surface area contributed by atoms with E-state index >= 15 is 0 Å². The molecular formula is C12H17ClO2. The van der Waals surface area contributed by atoms with Crippen molar-refractivity contribution < 1.29 is 9.47 Å². The lowest BCUT2D eigenvalue weighted by Gasteiger charge is -2.19. The summed E-state index contributed by atoms with van der Waals surface area (Å²) in [6, 6.07) is 5.73. The van der Waals surface area contributed by atoms with Crippen LogP contribution in [-0.4, -0.2) is 13.2 Å². The highest BCUT2D eigenvalue weighted by molar-refractivity contribution is 6.30. The molecule has 1 rings (SSSR count). The number of hydrogen-bond acceptors (Lipinski definition) is 2. The van der Waals surface area contributed by atoms with E-state index in [1.54, 1.807) is 0 Å². The first-order valence-corrected chi connectivity index (χ1v) is 5.56. The summed E-state index contributed by atoms with van der Waals surface area (Å²) in [6.45, 7) is 7.18. The Morgan fingerprint density at radius 1 is 1.20 bits per heavy atom. The molecule has 0 atom stereocenters. The summed E-state index contributed by atoms with van der Waals surface area (Å²) >= 11 is 5.89. The van der Waals surface area contributed by atoms with Crippen molar-refractivity contribution in [2.75, 3.05) is 13.2 Å². The van der Waals surface area contributed by atoms with E-state index in [0.717, 1.165) is 16.1 Å². The van der Waals surface area contributed by atoms with E-state index in [9.17, 15) is 0 Å². The summed E-state index contributed by atoms with van der Waals surface area (Å²) in [6.07, 6.45) is -0.280. The number of rotatable bonds is 5. The summed E-state index contributed by atoms with van der Waals surface area (Å²) in [4.78, 5) is 0. The van der Waals surface area contributed by atoms with Crippen LogP contribution in [0.2, 0.25) is 5.02 Å². The normalized spacial score (nSPS) is 11.0. The average Bonchev–Trinajstić information content (AvgIpc) is 2.17. The van der Waals surface area contributed by atoms with Gasteiger partial charge in [-0.2, -0.15) is 0 Å². The van der Waals surface area contributed by atoms with Crippen molar-refractivity contribution in [3.8, 4) is 0 Å². The van der Waals surface area contributed by atoms with Gasteiger partial charge in [0.1, 0.15) is 0 Å². The highest BCUT2D eigenvalue weighted by Gasteiger charge is 2.13. The Hall–Kier alpha value is -0.570. The van der Waals surface area contributed by atoms with Gasteiger partial charge in [-0.05, 0) is 38.5 Å². The minimum absolute atomic E-state index is 0.280. The maximum Gasteiger partial charge on any atom is 0.184 e. The zero-order chi connectivity index (χ0) is 11.3. The lowest BCUT2D eigenvalue weighted by atomic mass is 10.1. The molecule has 0 N–H and O–H groups in total. The number of benzene rings is 1. The third-order valence-corrected chi connectivity index (χ3v) is 2.36.